The van der Waals surface area contributed by atoms with Crippen molar-refractivity contribution in [3.05, 3.63) is 65.9 Å². The van der Waals surface area contributed by atoms with E-state index in [4.69, 9.17) is 1.37 Å². The van der Waals surface area contributed by atoms with Crippen LogP contribution in [-0.4, -0.2) is 18.7 Å². The molecule has 0 aliphatic rings. The van der Waals surface area contributed by atoms with Gasteiger partial charge < -0.3 is 0 Å². The third-order valence-corrected chi connectivity index (χ3v) is 5.05. The van der Waals surface area contributed by atoms with Crippen molar-refractivity contribution in [3.63, 3.8) is 0 Å². The number of fused-ring (bicyclic) bond motifs is 1. The topological polar surface area (TPSA) is 56.1 Å². The summed E-state index contributed by atoms with van der Waals surface area (Å²) in [6.45, 7) is 1.89. The van der Waals surface area contributed by atoms with E-state index >= 15 is 0 Å². The lowest BCUT2D eigenvalue weighted by Crippen LogP contribution is -2.11. The van der Waals surface area contributed by atoms with Crippen molar-refractivity contribution in [2.45, 2.75) is 11.8 Å². The second-order valence-corrected chi connectivity index (χ2v) is 6.62. The number of nitrogens with zero attached hydrogens (tertiary/aromatic N) is 1. The van der Waals surface area contributed by atoms with Gasteiger partial charge in [0, 0.05) is 17.1 Å². The number of aldehydes is 1. The van der Waals surface area contributed by atoms with Crippen LogP contribution in [0, 0.1) is 6.92 Å². The quantitative estimate of drug-likeness (QED) is 0.699. The molecule has 3 aromatic rings. The second kappa shape index (κ2) is 4.86. The van der Waals surface area contributed by atoms with Crippen molar-refractivity contribution in [2.24, 2.45) is 0 Å². The van der Waals surface area contributed by atoms with Crippen LogP contribution in [0.2, 0.25) is 0 Å². The minimum Gasteiger partial charge on any atom is -0.298 e. The first kappa shape index (κ1) is 12.3. The Bertz CT molecular complexity index is 972. The summed E-state index contributed by atoms with van der Waals surface area (Å²) in [5.41, 5.74) is 1.69. The van der Waals surface area contributed by atoms with Gasteiger partial charge in [0.1, 0.15) is 7.63 Å². The summed E-state index contributed by atoms with van der Waals surface area (Å²) in [5, 5.41) is 0.605. The van der Waals surface area contributed by atoms with Crippen LogP contribution in [0.4, 0.5) is 0 Å². The highest BCUT2D eigenvalue weighted by molar-refractivity contribution is 7.90. The molecular formula is C16H13NO3S. The van der Waals surface area contributed by atoms with E-state index in [2.05, 4.69) is 0 Å². The molecule has 0 radical (unpaired) electrons. The molecular weight excluding hydrogens is 286 g/mol. The van der Waals surface area contributed by atoms with Crippen LogP contribution in [-0.2, 0) is 10.0 Å². The predicted octanol–water partition coefficient (Wildman–Crippen LogP) is 3.00. The molecule has 0 amide bonds. The fourth-order valence-electron chi connectivity index (χ4n) is 2.21. The Hall–Kier alpha value is -2.40. The first-order chi connectivity index (χ1) is 10.4. The summed E-state index contributed by atoms with van der Waals surface area (Å²) in [6.07, 6.45) is 0.661. The number of aryl methyl sites for hydroxylation is 1. The van der Waals surface area contributed by atoms with Crippen molar-refractivity contribution in [3.8, 4) is 0 Å². The summed E-state index contributed by atoms with van der Waals surface area (Å²) in [4.78, 5) is 11.3. The van der Waals surface area contributed by atoms with E-state index in [1.54, 1.807) is 36.4 Å². The van der Waals surface area contributed by atoms with E-state index < -0.39 is 16.3 Å². The van der Waals surface area contributed by atoms with Gasteiger partial charge in [0.05, 0.1) is 10.4 Å². The Morgan fingerprint density at radius 3 is 2.48 bits per heavy atom. The molecule has 0 saturated heterocycles. The lowest BCUT2D eigenvalue weighted by Gasteiger charge is -2.08. The van der Waals surface area contributed by atoms with Crippen molar-refractivity contribution in [1.29, 1.82) is 0 Å². The maximum Gasteiger partial charge on any atom is 0.268 e. The first-order valence-electron chi connectivity index (χ1n) is 6.84. The third-order valence-electron chi connectivity index (χ3n) is 3.35. The lowest BCUT2D eigenvalue weighted by atomic mass is 10.2. The number of hydrogen-bond donors (Lipinski definition) is 0. The standard InChI is InChI=1S/C16H13NO3S/c1-12-2-5-15(6-3-12)21(19,20)17-9-8-14-10-13(11-18)4-7-16(14)17/h2-11H,1H3/i11D. The molecule has 1 heterocycles. The van der Waals surface area contributed by atoms with Gasteiger partial charge in [-0.05, 0) is 43.3 Å². The van der Waals surface area contributed by atoms with E-state index in [-0.39, 0.29) is 10.5 Å². The molecule has 0 unspecified atom stereocenters. The predicted molar refractivity (Wildman–Crippen MR) is 81.1 cm³/mol. The molecule has 106 valence electrons. The van der Waals surface area contributed by atoms with Crippen LogP contribution in [0.25, 0.3) is 10.9 Å². The molecule has 0 aliphatic heterocycles. The van der Waals surface area contributed by atoms with Gasteiger partial charge in [-0.1, -0.05) is 17.7 Å². The van der Waals surface area contributed by atoms with Gasteiger partial charge in [0.15, 0.2) is 0 Å². The number of benzene rings is 2. The zero-order chi connectivity index (χ0) is 15.9. The van der Waals surface area contributed by atoms with Crippen molar-refractivity contribution < 1.29 is 14.6 Å². The largest absolute Gasteiger partial charge is 0.298 e. The summed E-state index contributed by atoms with van der Waals surface area (Å²) in [7, 11) is -3.69. The minimum atomic E-state index is -3.69. The molecule has 0 bridgehead atoms. The maximum atomic E-state index is 12.7. The molecule has 2 aromatic carbocycles. The highest BCUT2D eigenvalue weighted by Crippen LogP contribution is 2.23. The summed E-state index contributed by atoms with van der Waals surface area (Å²) in [6, 6.07) is 12.8. The highest BCUT2D eigenvalue weighted by atomic mass is 32.2. The molecule has 0 N–H and O–H groups in total. The van der Waals surface area contributed by atoms with Crippen molar-refractivity contribution >= 4 is 27.2 Å². The van der Waals surface area contributed by atoms with Gasteiger partial charge in [-0.15, -0.1) is 0 Å². The highest BCUT2D eigenvalue weighted by Gasteiger charge is 2.18. The average molecular weight is 300 g/mol. The van der Waals surface area contributed by atoms with E-state index in [9.17, 15) is 13.2 Å². The van der Waals surface area contributed by atoms with Gasteiger partial charge in [-0.3, -0.25) is 4.79 Å². The Labute approximate surface area is 124 Å². The zero-order valence-corrected chi connectivity index (χ0v) is 12.1. The number of carbonyl (C=O) groups excluding carboxylic acids is 1. The molecule has 0 saturated carbocycles. The minimum absolute atomic E-state index is 0.205. The Kier molecular flexibility index (Phi) is 2.86. The smallest absolute Gasteiger partial charge is 0.268 e. The molecule has 1 aromatic heterocycles. The number of carbonyl (C=O) groups is 1. The molecule has 0 fully saturated rings. The molecule has 0 spiro atoms. The van der Waals surface area contributed by atoms with Crippen LogP contribution >= 0.6 is 0 Å². The average Bonchev–Trinajstić information content (AvgIpc) is 2.91. The van der Waals surface area contributed by atoms with Gasteiger partial charge in [0.2, 0.25) is 0 Å². The van der Waals surface area contributed by atoms with E-state index in [0.29, 0.717) is 10.9 Å². The number of hydrogen-bond acceptors (Lipinski definition) is 3. The van der Waals surface area contributed by atoms with Crippen molar-refractivity contribution in [1.82, 2.24) is 3.97 Å². The first-order valence-corrected chi connectivity index (χ1v) is 7.78. The van der Waals surface area contributed by atoms with Crippen LogP contribution in [0.15, 0.2) is 59.6 Å². The normalized spacial score (nSPS) is 12.3. The van der Waals surface area contributed by atoms with Crippen LogP contribution < -0.4 is 0 Å². The van der Waals surface area contributed by atoms with E-state index in [1.807, 2.05) is 6.92 Å². The third kappa shape index (κ3) is 2.25. The maximum absolute atomic E-state index is 12.7. The Morgan fingerprint density at radius 1 is 1.10 bits per heavy atom. The zero-order valence-electron chi connectivity index (χ0n) is 12.3. The van der Waals surface area contributed by atoms with Crippen molar-refractivity contribution in [2.75, 3.05) is 0 Å². The second-order valence-electron chi connectivity index (χ2n) is 4.81. The fraction of sp³-hybridized carbons (Fsp3) is 0.0625. The molecule has 21 heavy (non-hydrogen) atoms. The Morgan fingerprint density at radius 2 is 1.81 bits per heavy atom. The molecule has 5 heteroatoms. The van der Waals surface area contributed by atoms with Gasteiger partial charge in [-0.25, -0.2) is 12.4 Å². The SMILES string of the molecule is [2H]C(=O)c1ccc2c(ccn2S(=O)(=O)c2ccc(C)cc2)c1. The summed E-state index contributed by atoms with van der Waals surface area (Å²) >= 11 is 0. The monoisotopic (exact) mass is 300 g/mol. The van der Waals surface area contributed by atoms with Crippen LogP contribution in [0.3, 0.4) is 0 Å². The van der Waals surface area contributed by atoms with Gasteiger partial charge >= 0.3 is 0 Å². The fourth-order valence-corrected chi connectivity index (χ4v) is 3.57. The van der Waals surface area contributed by atoms with Crippen LogP contribution in [0.1, 0.15) is 17.3 Å². The molecule has 0 atom stereocenters. The van der Waals surface area contributed by atoms with Gasteiger partial charge in [0.25, 0.3) is 10.0 Å². The van der Waals surface area contributed by atoms with Gasteiger partial charge in [-0.2, -0.15) is 0 Å². The molecule has 3 rings (SSSR count). The lowest BCUT2D eigenvalue weighted by molar-refractivity contribution is 0.112. The van der Waals surface area contributed by atoms with E-state index in [0.717, 1.165) is 5.56 Å². The number of rotatable bonds is 3. The Balaban J connectivity index is 2.17. The summed E-state index contributed by atoms with van der Waals surface area (Å²) in [5.74, 6) is 0. The molecule has 4 nitrogen and oxygen atoms in total. The number of aromatic nitrogens is 1. The molecule has 0 aliphatic carbocycles. The van der Waals surface area contributed by atoms with E-state index in [1.165, 1.54) is 22.3 Å². The van der Waals surface area contributed by atoms with Crippen LogP contribution in [0.5, 0.6) is 0 Å². The summed E-state index contributed by atoms with van der Waals surface area (Å²) < 4.78 is 33.7.